The van der Waals surface area contributed by atoms with Crippen molar-refractivity contribution in [3.8, 4) is 0 Å². The van der Waals surface area contributed by atoms with Gasteiger partial charge in [0.15, 0.2) is 29.6 Å². The molecule has 0 spiro atoms. The maximum absolute atomic E-state index is 14.3. The van der Waals surface area contributed by atoms with E-state index in [1.54, 1.807) is 24.4 Å². The molecule has 4 aromatic rings. The highest BCUT2D eigenvalue weighted by Crippen LogP contribution is 2.42. The maximum Gasteiger partial charge on any atom is 0.261 e. The summed E-state index contributed by atoms with van der Waals surface area (Å²) >= 11 is 0. The van der Waals surface area contributed by atoms with E-state index in [0.29, 0.717) is 18.7 Å². The first-order chi connectivity index (χ1) is 22.1. The second-order valence-corrected chi connectivity index (χ2v) is 11.2. The number of hydrogen-bond acceptors (Lipinski definition) is 6. The molecule has 0 aliphatic carbocycles. The fourth-order valence-electron chi connectivity index (χ4n) is 5.34. The lowest BCUT2D eigenvalue weighted by Gasteiger charge is -2.42. The van der Waals surface area contributed by atoms with Crippen molar-refractivity contribution < 1.29 is 41.3 Å². The molecular weight excluding hydrogens is 609 g/mol. The van der Waals surface area contributed by atoms with Crippen molar-refractivity contribution in [3.05, 3.63) is 130 Å². The fourth-order valence-corrected chi connectivity index (χ4v) is 5.34. The van der Waals surface area contributed by atoms with Crippen LogP contribution >= 0.6 is 0 Å². The molecule has 1 amide bonds. The van der Waals surface area contributed by atoms with Gasteiger partial charge in [-0.3, -0.25) is 9.78 Å². The molecule has 1 aliphatic heterocycles. The van der Waals surface area contributed by atoms with Crippen molar-refractivity contribution in [2.24, 2.45) is 5.92 Å². The zero-order chi connectivity index (χ0) is 33.0. The summed E-state index contributed by atoms with van der Waals surface area (Å²) in [7, 11) is 1.98. The van der Waals surface area contributed by atoms with E-state index in [1.165, 1.54) is 18.2 Å². The molecule has 46 heavy (non-hydrogen) atoms. The van der Waals surface area contributed by atoms with E-state index in [0.717, 1.165) is 23.2 Å². The summed E-state index contributed by atoms with van der Waals surface area (Å²) in [4.78, 5) is 19.2. The SMILES string of the molecule is CC1C(CN(C)CCc2ccccn2)OC(c2cccc(NC(=O)c3c(F)c(F)c(F)c(F)c3F)c2)OC1c1ccc(CO)cc1. The molecule has 2 N–H and O–H groups in total. The number of benzene rings is 3. The lowest BCUT2D eigenvalue weighted by Crippen LogP contribution is -2.44. The van der Waals surface area contributed by atoms with Crippen LogP contribution in [0.3, 0.4) is 0 Å². The van der Waals surface area contributed by atoms with Gasteiger partial charge in [-0.05, 0) is 42.4 Å². The molecule has 1 aliphatic rings. The number of carbonyl (C=O) groups excluding carboxylic acids is 1. The highest BCUT2D eigenvalue weighted by molar-refractivity contribution is 6.04. The molecule has 0 saturated carbocycles. The van der Waals surface area contributed by atoms with Gasteiger partial charge in [0, 0.05) is 48.6 Å². The molecule has 12 heteroatoms. The Labute approximate surface area is 262 Å². The van der Waals surface area contributed by atoms with Crippen molar-refractivity contribution in [1.82, 2.24) is 9.88 Å². The van der Waals surface area contributed by atoms with Gasteiger partial charge in [0.05, 0.1) is 18.8 Å². The molecule has 5 rings (SSSR count). The summed E-state index contributed by atoms with van der Waals surface area (Å²) in [5.74, 6) is -12.9. The number of anilines is 1. The van der Waals surface area contributed by atoms with Crippen LogP contribution in [0.15, 0.2) is 72.9 Å². The minimum absolute atomic E-state index is 0.0186. The van der Waals surface area contributed by atoms with Crippen LogP contribution in [-0.4, -0.2) is 47.1 Å². The fraction of sp³-hybridized carbons (Fsp3) is 0.294. The van der Waals surface area contributed by atoms with Crippen LogP contribution in [0, 0.1) is 35.0 Å². The number of pyridine rings is 1. The maximum atomic E-state index is 14.3. The Morgan fingerprint density at radius 3 is 2.24 bits per heavy atom. The third-order valence-corrected chi connectivity index (χ3v) is 7.94. The number of halogens is 5. The standard InChI is InChI=1S/C34H32F5N3O4/c1-19-25(17-42(2)15-13-23-7-3-4-14-40-23)45-34(46-32(19)21-11-9-20(18-43)10-12-21)22-6-5-8-24(16-22)41-33(44)26-27(35)29(37)31(39)30(38)28(26)36/h3-12,14,16,19,25,32,34,43H,13,15,17-18H2,1-2H3,(H,41,44). The Morgan fingerprint density at radius 2 is 1.59 bits per heavy atom. The summed E-state index contributed by atoms with van der Waals surface area (Å²) in [6, 6.07) is 19.1. The smallest absolute Gasteiger partial charge is 0.261 e. The van der Waals surface area contributed by atoms with Crippen molar-refractivity contribution in [1.29, 1.82) is 0 Å². The highest BCUT2D eigenvalue weighted by Gasteiger charge is 2.39. The number of hydrogen-bond donors (Lipinski definition) is 2. The number of aliphatic hydroxyl groups is 1. The number of nitrogens with zero attached hydrogens (tertiary/aromatic N) is 2. The number of ether oxygens (including phenoxy) is 2. The molecule has 4 atom stereocenters. The average Bonchev–Trinajstić information content (AvgIpc) is 3.07. The van der Waals surface area contributed by atoms with Gasteiger partial charge in [-0.2, -0.15) is 0 Å². The van der Waals surface area contributed by atoms with Crippen molar-refractivity contribution >= 4 is 11.6 Å². The molecule has 3 aromatic carbocycles. The number of nitrogens with one attached hydrogen (secondary N) is 1. The number of carbonyl (C=O) groups is 1. The first kappa shape index (κ1) is 33.1. The van der Waals surface area contributed by atoms with Gasteiger partial charge in [-0.15, -0.1) is 0 Å². The van der Waals surface area contributed by atoms with Crippen LogP contribution in [0.2, 0.25) is 0 Å². The molecular formula is C34H32F5N3O4. The monoisotopic (exact) mass is 641 g/mol. The van der Waals surface area contributed by atoms with Gasteiger partial charge in [0.1, 0.15) is 5.56 Å². The van der Waals surface area contributed by atoms with E-state index in [-0.39, 0.29) is 24.3 Å². The zero-order valence-corrected chi connectivity index (χ0v) is 25.0. The van der Waals surface area contributed by atoms with Gasteiger partial charge in [0.25, 0.3) is 5.91 Å². The Kier molecular flexibility index (Phi) is 10.4. The van der Waals surface area contributed by atoms with Crippen LogP contribution in [0.25, 0.3) is 0 Å². The summed E-state index contributed by atoms with van der Waals surface area (Å²) in [6.45, 7) is 3.15. The van der Waals surface area contributed by atoms with Crippen LogP contribution in [0.5, 0.6) is 0 Å². The van der Waals surface area contributed by atoms with E-state index in [9.17, 15) is 31.9 Å². The van der Waals surface area contributed by atoms with Gasteiger partial charge < -0.3 is 24.8 Å². The minimum Gasteiger partial charge on any atom is -0.392 e. The molecule has 1 fully saturated rings. The zero-order valence-electron chi connectivity index (χ0n) is 25.0. The van der Waals surface area contributed by atoms with E-state index >= 15 is 0 Å². The summed E-state index contributed by atoms with van der Waals surface area (Å²) in [5, 5.41) is 11.7. The Hall–Kier alpha value is -4.23. The third-order valence-electron chi connectivity index (χ3n) is 7.94. The van der Waals surface area contributed by atoms with Crippen molar-refractivity contribution in [2.75, 3.05) is 25.5 Å². The van der Waals surface area contributed by atoms with Crippen molar-refractivity contribution in [3.63, 3.8) is 0 Å². The van der Waals surface area contributed by atoms with Crippen LogP contribution in [0.4, 0.5) is 27.6 Å². The van der Waals surface area contributed by atoms with E-state index in [1.807, 2.05) is 44.3 Å². The minimum atomic E-state index is -2.35. The van der Waals surface area contributed by atoms with Crippen LogP contribution in [0.1, 0.15) is 52.1 Å². The van der Waals surface area contributed by atoms with Crippen molar-refractivity contribution in [2.45, 2.75) is 38.4 Å². The predicted octanol–water partition coefficient (Wildman–Crippen LogP) is 6.49. The molecule has 0 bridgehead atoms. The molecule has 1 saturated heterocycles. The predicted molar refractivity (Wildman–Crippen MR) is 159 cm³/mol. The quantitative estimate of drug-likeness (QED) is 0.117. The highest BCUT2D eigenvalue weighted by atomic mass is 19.2. The Bertz CT molecular complexity index is 1650. The van der Waals surface area contributed by atoms with Gasteiger partial charge in [-0.25, -0.2) is 22.0 Å². The van der Waals surface area contributed by atoms with E-state index in [2.05, 4.69) is 15.2 Å². The first-order valence-electron chi connectivity index (χ1n) is 14.6. The van der Waals surface area contributed by atoms with E-state index < -0.39 is 53.0 Å². The molecule has 2 heterocycles. The Balaban J connectivity index is 1.38. The first-order valence-corrected chi connectivity index (χ1v) is 14.6. The average molecular weight is 642 g/mol. The number of amides is 1. The number of aromatic nitrogens is 1. The largest absolute Gasteiger partial charge is 0.392 e. The second-order valence-electron chi connectivity index (χ2n) is 11.2. The molecule has 4 unspecified atom stereocenters. The number of rotatable bonds is 10. The second kappa shape index (κ2) is 14.5. The third kappa shape index (κ3) is 7.26. The van der Waals surface area contributed by atoms with Crippen LogP contribution < -0.4 is 5.32 Å². The Morgan fingerprint density at radius 1 is 0.891 bits per heavy atom. The topological polar surface area (TPSA) is 83.9 Å². The van der Waals surface area contributed by atoms with Gasteiger partial charge in [0.2, 0.25) is 5.82 Å². The van der Waals surface area contributed by atoms with E-state index in [4.69, 9.17) is 9.47 Å². The number of likely N-dealkylation sites (N-methyl/N-ethyl adjacent to an activating group) is 1. The summed E-state index contributed by atoms with van der Waals surface area (Å²) in [5.41, 5.74) is 1.42. The summed E-state index contributed by atoms with van der Waals surface area (Å²) < 4.78 is 82.4. The van der Waals surface area contributed by atoms with Crippen LogP contribution in [-0.2, 0) is 22.5 Å². The summed E-state index contributed by atoms with van der Waals surface area (Å²) in [6.07, 6.45) is 0.762. The molecule has 7 nitrogen and oxygen atoms in total. The molecule has 242 valence electrons. The lowest BCUT2D eigenvalue weighted by molar-refractivity contribution is -0.275. The van der Waals surface area contributed by atoms with Gasteiger partial charge >= 0.3 is 0 Å². The molecule has 0 radical (unpaired) electrons. The number of aliphatic hydroxyl groups excluding tert-OH is 1. The lowest BCUT2D eigenvalue weighted by atomic mass is 9.90. The van der Waals surface area contributed by atoms with Gasteiger partial charge in [-0.1, -0.05) is 49.4 Å². The normalized spacial score (nSPS) is 19.8. The molecule has 1 aromatic heterocycles.